The van der Waals surface area contributed by atoms with E-state index in [1.165, 1.54) is 75.4 Å². The first-order valence-electron chi connectivity index (χ1n) is 9.93. The molecule has 0 bridgehead atoms. The summed E-state index contributed by atoms with van der Waals surface area (Å²) in [4.78, 5) is 0. The van der Waals surface area contributed by atoms with E-state index in [1.807, 2.05) is 0 Å². The minimum Gasteiger partial charge on any atom is -0.274 e. The van der Waals surface area contributed by atoms with Crippen molar-refractivity contribution >= 4 is 18.5 Å². The molecule has 0 N–H and O–H groups in total. The Morgan fingerprint density at radius 2 is 1.50 bits per heavy atom. The maximum absolute atomic E-state index is 2.58. The van der Waals surface area contributed by atoms with Crippen molar-refractivity contribution in [2.75, 3.05) is 0 Å². The quantitative estimate of drug-likeness (QED) is 0.603. The number of imidazole rings is 1. The number of rotatable bonds is 4. The van der Waals surface area contributed by atoms with Crippen molar-refractivity contribution in [1.29, 1.82) is 0 Å². The third kappa shape index (κ3) is 3.45. The van der Waals surface area contributed by atoms with Crippen molar-refractivity contribution < 1.29 is 4.57 Å². The van der Waals surface area contributed by atoms with Gasteiger partial charge in [-0.1, -0.05) is 31.0 Å². The highest BCUT2D eigenvalue weighted by Crippen LogP contribution is 2.28. The topological polar surface area (TPSA) is 8.81 Å². The SMILES string of the molecule is [B-](c1ccccc1)c1n(C2CCCCC2)cc[n+]1C1CCCCC1. The second-order valence-electron chi connectivity index (χ2n) is 7.61. The maximum Gasteiger partial charge on any atom is 0.126 e. The number of hydrogen-bond acceptors (Lipinski definition) is 0. The standard InChI is InChI=1S/C21H29BN2/c1-4-10-18(11-5-1)22-21-23(19-12-6-2-7-13-19)16-17-24(21)20-14-8-3-9-15-20/h1,4-5,10-11,16-17,19-20H,2-3,6-9,12-15H2. The number of benzene rings is 1. The summed E-state index contributed by atoms with van der Waals surface area (Å²) < 4.78 is 5.17. The Kier molecular flexibility index (Phi) is 5.06. The lowest BCUT2D eigenvalue weighted by atomic mass is 9.68. The fourth-order valence-electron chi connectivity index (χ4n) is 4.61. The van der Waals surface area contributed by atoms with E-state index in [9.17, 15) is 0 Å². The van der Waals surface area contributed by atoms with E-state index in [4.69, 9.17) is 0 Å². The Morgan fingerprint density at radius 3 is 2.21 bits per heavy atom. The van der Waals surface area contributed by atoms with E-state index in [0.717, 1.165) is 0 Å². The smallest absolute Gasteiger partial charge is 0.126 e. The summed E-state index contributed by atoms with van der Waals surface area (Å²) >= 11 is 0. The molecule has 2 fully saturated rings. The molecule has 2 aliphatic rings. The van der Waals surface area contributed by atoms with E-state index in [1.54, 1.807) is 0 Å². The van der Waals surface area contributed by atoms with Crippen LogP contribution in [-0.2, 0) is 0 Å². The van der Waals surface area contributed by atoms with Crippen LogP contribution in [0.3, 0.4) is 0 Å². The second-order valence-corrected chi connectivity index (χ2v) is 7.61. The van der Waals surface area contributed by atoms with E-state index in [0.29, 0.717) is 12.1 Å². The average molecular weight is 320 g/mol. The molecule has 0 spiro atoms. The Hall–Kier alpha value is -1.51. The first-order valence-corrected chi connectivity index (χ1v) is 9.93. The molecule has 2 aliphatic carbocycles. The first kappa shape index (κ1) is 16.0. The van der Waals surface area contributed by atoms with Crippen molar-refractivity contribution in [3.8, 4) is 0 Å². The molecule has 2 radical (unpaired) electrons. The molecule has 2 saturated carbocycles. The van der Waals surface area contributed by atoms with Gasteiger partial charge in [-0.3, -0.25) is 14.6 Å². The van der Waals surface area contributed by atoms with Gasteiger partial charge in [-0.25, -0.2) is 0 Å². The van der Waals surface area contributed by atoms with Gasteiger partial charge in [-0.05, 0) is 51.4 Å². The molecule has 0 aliphatic heterocycles. The van der Waals surface area contributed by atoms with E-state index >= 15 is 0 Å². The van der Waals surface area contributed by atoms with E-state index in [2.05, 4.69) is 59.1 Å². The van der Waals surface area contributed by atoms with Crippen molar-refractivity contribution in [2.45, 2.75) is 76.3 Å². The molecule has 4 rings (SSSR count). The zero-order valence-electron chi connectivity index (χ0n) is 14.7. The minimum absolute atomic E-state index is 0.693. The van der Waals surface area contributed by atoms with Gasteiger partial charge in [-0.2, -0.15) is 0 Å². The van der Waals surface area contributed by atoms with Crippen LogP contribution in [0.1, 0.15) is 76.3 Å². The Labute approximate surface area is 147 Å². The summed E-state index contributed by atoms with van der Waals surface area (Å²) in [6.45, 7) is 0. The van der Waals surface area contributed by atoms with Crippen LogP contribution in [0.25, 0.3) is 0 Å². The van der Waals surface area contributed by atoms with Gasteiger partial charge in [0, 0.05) is 5.72 Å². The molecule has 3 heteroatoms. The molecule has 0 unspecified atom stereocenters. The maximum atomic E-state index is 2.58. The highest BCUT2D eigenvalue weighted by Gasteiger charge is 2.25. The number of nitrogens with zero attached hydrogens (tertiary/aromatic N) is 2. The van der Waals surface area contributed by atoms with Crippen LogP contribution >= 0.6 is 0 Å². The summed E-state index contributed by atoms with van der Waals surface area (Å²) in [5.41, 5.74) is 2.73. The molecular weight excluding hydrogens is 291 g/mol. The normalized spacial score (nSPS) is 20.3. The first-order chi connectivity index (χ1) is 11.9. The van der Waals surface area contributed by atoms with Crippen LogP contribution in [-0.4, -0.2) is 11.8 Å². The molecular formula is C21H29BN2. The largest absolute Gasteiger partial charge is 0.274 e. The number of hydrogen-bond donors (Lipinski definition) is 0. The highest BCUT2D eigenvalue weighted by molar-refractivity contribution is 6.65. The summed E-state index contributed by atoms with van der Waals surface area (Å²) in [7, 11) is 2.41. The Morgan fingerprint density at radius 1 is 0.833 bits per heavy atom. The zero-order chi connectivity index (χ0) is 16.2. The van der Waals surface area contributed by atoms with Gasteiger partial charge in [0.15, 0.2) is 0 Å². The highest BCUT2D eigenvalue weighted by atomic mass is 15.2. The van der Waals surface area contributed by atoms with Crippen LogP contribution in [0.2, 0.25) is 0 Å². The third-order valence-electron chi connectivity index (χ3n) is 5.95. The lowest BCUT2D eigenvalue weighted by Gasteiger charge is -2.28. The molecule has 0 atom stereocenters. The van der Waals surface area contributed by atoms with Gasteiger partial charge in [0.05, 0.1) is 12.1 Å². The zero-order valence-corrected chi connectivity index (χ0v) is 14.7. The van der Waals surface area contributed by atoms with Crippen molar-refractivity contribution in [2.24, 2.45) is 0 Å². The number of aromatic nitrogens is 2. The fraction of sp³-hybridized carbons (Fsp3) is 0.571. The Balaban J connectivity index is 1.66. The van der Waals surface area contributed by atoms with Crippen molar-refractivity contribution in [1.82, 2.24) is 4.57 Å². The van der Waals surface area contributed by atoms with Crippen molar-refractivity contribution in [3.63, 3.8) is 0 Å². The molecule has 126 valence electrons. The fourth-order valence-corrected chi connectivity index (χ4v) is 4.61. The Bertz CT molecular complexity index is 602. The minimum atomic E-state index is 0.693. The van der Waals surface area contributed by atoms with E-state index in [-0.39, 0.29) is 0 Å². The second kappa shape index (κ2) is 7.59. The van der Waals surface area contributed by atoms with Crippen LogP contribution in [0.4, 0.5) is 0 Å². The van der Waals surface area contributed by atoms with Gasteiger partial charge in [0.25, 0.3) is 0 Å². The van der Waals surface area contributed by atoms with Crippen LogP contribution in [0, 0.1) is 0 Å². The molecule has 1 heterocycles. The van der Waals surface area contributed by atoms with Gasteiger partial charge < -0.3 is 0 Å². The summed E-state index contributed by atoms with van der Waals surface area (Å²) in [6, 6.07) is 12.2. The third-order valence-corrected chi connectivity index (χ3v) is 5.95. The van der Waals surface area contributed by atoms with Gasteiger partial charge >= 0.3 is 0 Å². The lowest BCUT2D eigenvalue weighted by Crippen LogP contribution is -2.58. The van der Waals surface area contributed by atoms with E-state index < -0.39 is 0 Å². The molecule has 2 aromatic rings. The predicted octanol–water partition coefficient (Wildman–Crippen LogP) is 3.44. The van der Waals surface area contributed by atoms with Crippen LogP contribution in [0.5, 0.6) is 0 Å². The van der Waals surface area contributed by atoms with Gasteiger partial charge in [0.2, 0.25) is 0 Å². The van der Waals surface area contributed by atoms with Gasteiger partial charge in [-0.15, -0.1) is 19.4 Å². The monoisotopic (exact) mass is 320 g/mol. The van der Waals surface area contributed by atoms with Gasteiger partial charge in [0.1, 0.15) is 12.4 Å². The molecule has 0 saturated heterocycles. The molecule has 24 heavy (non-hydrogen) atoms. The summed E-state index contributed by atoms with van der Waals surface area (Å²) in [5, 5.41) is 0. The molecule has 1 aromatic heterocycles. The summed E-state index contributed by atoms with van der Waals surface area (Å²) in [5.74, 6) is 0. The predicted molar refractivity (Wildman–Crippen MR) is 100 cm³/mol. The van der Waals surface area contributed by atoms with Crippen LogP contribution < -0.4 is 15.8 Å². The van der Waals surface area contributed by atoms with Crippen LogP contribution in [0.15, 0.2) is 42.7 Å². The molecule has 0 amide bonds. The summed E-state index contributed by atoms with van der Waals surface area (Å²) in [6.07, 6.45) is 18.5. The molecule has 2 nitrogen and oxygen atoms in total. The van der Waals surface area contributed by atoms with Crippen molar-refractivity contribution in [3.05, 3.63) is 42.7 Å². The molecule has 1 aromatic carbocycles. The lowest BCUT2D eigenvalue weighted by molar-refractivity contribution is -0.708. The average Bonchev–Trinajstić information content (AvgIpc) is 3.07.